The second-order valence-corrected chi connectivity index (χ2v) is 3.33. The van der Waals surface area contributed by atoms with Gasteiger partial charge in [-0.2, -0.15) is 0 Å². The summed E-state index contributed by atoms with van der Waals surface area (Å²) in [4.78, 5) is 21.3. The number of Topliss-reactive ketones (excluding diaryl/α,β-unsaturated/α-hetero) is 1. The lowest BCUT2D eigenvalue weighted by atomic mass is 10.1. The molecule has 0 bridgehead atoms. The SMILES string of the molecule is CC(=O)c1cc(C=O)cc(F)c1Br. The standard InChI is InChI=1S/C9H6BrFO2/c1-5(13)7-2-6(4-12)3-8(11)9(7)10/h2-4H,1H3. The number of hydrogen-bond acceptors (Lipinski definition) is 2. The molecule has 0 radical (unpaired) electrons. The first-order valence-electron chi connectivity index (χ1n) is 3.51. The summed E-state index contributed by atoms with van der Waals surface area (Å²) in [5.41, 5.74) is 0.341. The molecule has 0 amide bonds. The van der Waals surface area contributed by atoms with Crippen LogP contribution in [0, 0.1) is 5.82 Å². The summed E-state index contributed by atoms with van der Waals surface area (Å²) >= 11 is 2.93. The normalized spacial score (nSPS) is 9.77. The van der Waals surface area contributed by atoms with Gasteiger partial charge in [-0.05, 0) is 35.0 Å². The van der Waals surface area contributed by atoms with Gasteiger partial charge in [0.25, 0.3) is 0 Å². The number of aldehydes is 1. The Hall–Kier alpha value is -1.03. The zero-order valence-electron chi connectivity index (χ0n) is 6.80. The summed E-state index contributed by atoms with van der Waals surface area (Å²) in [6, 6.07) is 2.42. The molecule has 0 saturated carbocycles. The summed E-state index contributed by atoms with van der Waals surface area (Å²) in [7, 11) is 0. The monoisotopic (exact) mass is 244 g/mol. The summed E-state index contributed by atoms with van der Waals surface area (Å²) in [6.07, 6.45) is 0.502. The average Bonchev–Trinajstić information content (AvgIpc) is 2.09. The maximum atomic E-state index is 13.0. The van der Waals surface area contributed by atoms with Gasteiger partial charge in [-0.1, -0.05) is 0 Å². The lowest BCUT2D eigenvalue weighted by Crippen LogP contribution is -1.98. The first-order chi connectivity index (χ1) is 6.06. The Morgan fingerprint density at radius 3 is 2.62 bits per heavy atom. The lowest BCUT2D eigenvalue weighted by molar-refractivity contribution is 0.101. The van der Waals surface area contributed by atoms with Gasteiger partial charge >= 0.3 is 0 Å². The van der Waals surface area contributed by atoms with Crippen molar-refractivity contribution in [3.8, 4) is 0 Å². The molecule has 0 fully saturated rings. The summed E-state index contributed by atoms with van der Waals surface area (Å²) in [5, 5.41) is 0. The molecule has 1 rings (SSSR count). The summed E-state index contributed by atoms with van der Waals surface area (Å²) in [6.45, 7) is 1.31. The molecule has 1 aromatic rings. The predicted octanol–water partition coefficient (Wildman–Crippen LogP) is 2.60. The van der Waals surface area contributed by atoms with Crippen LogP contribution in [0.1, 0.15) is 27.6 Å². The Bertz CT molecular complexity index is 374. The highest BCUT2D eigenvalue weighted by molar-refractivity contribution is 9.10. The molecule has 0 aromatic heterocycles. The molecule has 13 heavy (non-hydrogen) atoms. The predicted molar refractivity (Wildman–Crippen MR) is 49.5 cm³/mol. The number of benzene rings is 1. The van der Waals surface area contributed by atoms with Crippen LogP contribution in [-0.4, -0.2) is 12.1 Å². The average molecular weight is 245 g/mol. The van der Waals surface area contributed by atoms with Crippen molar-refractivity contribution >= 4 is 28.0 Å². The highest BCUT2D eigenvalue weighted by Gasteiger charge is 2.11. The molecule has 0 heterocycles. The van der Waals surface area contributed by atoms with Gasteiger partial charge in [-0.3, -0.25) is 9.59 Å². The molecule has 0 N–H and O–H groups in total. The molecule has 1 aromatic carbocycles. The van der Waals surface area contributed by atoms with Crippen molar-refractivity contribution in [2.24, 2.45) is 0 Å². The molecule has 4 heteroatoms. The third-order valence-corrected chi connectivity index (χ3v) is 2.37. The quantitative estimate of drug-likeness (QED) is 0.592. The maximum Gasteiger partial charge on any atom is 0.161 e. The highest BCUT2D eigenvalue weighted by Crippen LogP contribution is 2.22. The van der Waals surface area contributed by atoms with E-state index in [4.69, 9.17) is 0 Å². The zero-order chi connectivity index (χ0) is 10.0. The molecule has 0 aliphatic rings. The van der Waals surface area contributed by atoms with Crippen molar-refractivity contribution in [2.45, 2.75) is 6.92 Å². The Morgan fingerprint density at radius 2 is 2.15 bits per heavy atom. The van der Waals surface area contributed by atoms with Crippen molar-refractivity contribution in [3.05, 3.63) is 33.5 Å². The molecule has 0 unspecified atom stereocenters. The number of hydrogen-bond donors (Lipinski definition) is 0. The van der Waals surface area contributed by atoms with Crippen LogP contribution in [0.15, 0.2) is 16.6 Å². The number of rotatable bonds is 2. The number of ketones is 1. The molecule has 0 spiro atoms. The minimum absolute atomic E-state index is 0.102. The van der Waals surface area contributed by atoms with E-state index in [1.807, 2.05) is 0 Å². The van der Waals surface area contributed by atoms with Crippen LogP contribution in [0.5, 0.6) is 0 Å². The molecule has 0 aliphatic carbocycles. The number of halogens is 2. The van der Waals surface area contributed by atoms with Gasteiger partial charge in [-0.25, -0.2) is 4.39 Å². The van der Waals surface area contributed by atoms with Gasteiger partial charge in [0.2, 0.25) is 0 Å². The third-order valence-electron chi connectivity index (χ3n) is 1.57. The van der Waals surface area contributed by atoms with E-state index in [0.29, 0.717) is 6.29 Å². The summed E-state index contributed by atoms with van der Waals surface area (Å²) < 4.78 is 13.1. The fourth-order valence-corrected chi connectivity index (χ4v) is 1.44. The Morgan fingerprint density at radius 1 is 1.54 bits per heavy atom. The third kappa shape index (κ3) is 2.01. The van der Waals surface area contributed by atoms with E-state index in [-0.39, 0.29) is 21.4 Å². The molecule has 0 atom stereocenters. The Kier molecular flexibility index (Phi) is 2.93. The highest BCUT2D eigenvalue weighted by atomic mass is 79.9. The van der Waals surface area contributed by atoms with Crippen LogP contribution in [0.3, 0.4) is 0 Å². The molecule has 0 aliphatic heterocycles. The molecule has 2 nitrogen and oxygen atoms in total. The van der Waals surface area contributed by atoms with E-state index >= 15 is 0 Å². The van der Waals surface area contributed by atoms with Gasteiger partial charge in [0.05, 0.1) is 4.47 Å². The van der Waals surface area contributed by atoms with E-state index in [9.17, 15) is 14.0 Å². The van der Waals surface area contributed by atoms with Crippen molar-refractivity contribution in [1.82, 2.24) is 0 Å². The first-order valence-corrected chi connectivity index (χ1v) is 4.30. The van der Waals surface area contributed by atoms with Gasteiger partial charge in [0.1, 0.15) is 12.1 Å². The van der Waals surface area contributed by atoms with Crippen LogP contribution in [-0.2, 0) is 0 Å². The molecular formula is C9H6BrFO2. The minimum Gasteiger partial charge on any atom is -0.298 e. The smallest absolute Gasteiger partial charge is 0.161 e. The summed E-state index contributed by atoms with van der Waals surface area (Å²) in [5.74, 6) is -0.885. The lowest BCUT2D eigenvalue weighted by Gasteiger charge is -2.02. The number of carbonyl (C=O) groups excluding carboxylic acids is 2. The molecule has 0 saturated heterocycles. The first kappa shape index (κ1) is 10.1. The van der Waals surface area contributed by atoms with Crippen LogP contribution in [0.4, 0.5) is 4.39 Å². The fraction of sp³-hybridized carbons (Fsp3) is 0.111. The van der Waals surface area contributed by atoms with E-state index < -0.39 is 5.82 Å². The van der Waals surface area contributed by atoms with E-state index in [1.54, 1.807) is 0 Å². The molecular weight excluding hydrogens is 239 g/mol. The second kappa shape index (κ2) is 3.79. The second-order valence-electron chi connectivity index (χ2n) is 2.54. The Balaban J connectivity index is 3.41. The number of carbonyl (C=O) groups is 2. The van der Waals surface area contributed by atoms with Crippen molar-refractivity contribution in [1.29, 1.82) is 0 Å². The van der Waals surface area contributed by atoms with E-state index in [2.05, 4.69) is 15.9 Å². The topological polar surface area (TPSA) is 34.1 Å². The van der Waals surface area contributed by atoms with Crippen molar-refractivity contribution in [2.75, 3.05) is 0 Å². The van der Waals surface area contributed by atoms with Gasteiger partial charge in [0, 0.05) is 11.1 Å². The van der Waals surface area contributed by atoms with Gasteiger partial charge in [-0.15, -0.1) is 0 Å². The van der Waals surface area contributed by atoms with Gasteiger partial charge < -0.3 is 0 Å². The van der Waals surface area contributed by atoms with Crippen molar-refractivity contribution in [3.63, 3.8) is 0 Å². The fourth-order valence-electron chi connectivity index (χ4n) is 0.934. The minimum atomic E-state index is -0.602. The maximum absolute atomic E-state index is 13.0. The van der Waals surface area contributed by atoms with Crippen molar-refractivity contribution < 1.29 is 14.0 Å². The van der Waals surface area contributed by atoms with Crippen LogP contribution < -0.4 is 0 Å². The van der Waals surface area contributed by atoms with E-state index in [0.717, 1.165) is 6.07 Å². The van der Waals surface area contributed by atoms with Crippen LogP contribution in [0.2, 0.25) is 0 Å². The Labute approximate surface area is 82.9 Å². The zero-order valence-corrected chi connectivity index (χ0v) is 8.39. The molecule has 68 valence electrons. The van der Waals surface area contributed by atoms with Crippen LogP contribution >= 0.6 is 15.9 Å². The van der Waals surface area contributed by atoms with Crippen LogP contribution in [0.25, 0.3) is 0 Å². The largest absolute Gasteiger partial charge is 0.298 e. The van der Waals surface area contributed by atoms with E-state index in [1.165, 1.54) is 13.0 Å². The van der Waals surface area contributed by atoms with Gasteiger partial charge in [0.15, 0.2) is 5.78 Å².